The largest absolute Gasteiger partial charge is 0.423 e. The van der Waals surface area contributed by atoms with E-state index < -0.39 is 62.3 Å². The lowest BCUT2D eigenvalue weighted by molar-refractivity contribution is -0.174. The Morgan fingerprint density at radius 2 is 1.13 bits per heavy atom. The van der Waals surface area contributed by atoms with Gasteiger partial charge in [0.25, 0.3) is 0 Å². The zero-order chi connectivity index (χ0) is 24.0. The van der Waals surface area contributed by atoms with Crippen molar-refractivity contribution >= 4 is 23.5 Å². The second-order valence-electron chi connectivity index (χ2n) is 5.93. The van der Waals surface area contributed by atoms with E-state index in [4.69, 9.17) is 0 Å². The van der Waals surface area contributed by atoms with Crippen molar-refractivity contribution in [1.29, 1.82) is 0 Å². The third-order valence-corrected chi connectivity index (χ3v) is 6.56. The zero-order valence-electron chi connectivity index (χ0n) is 14.8. The molecule has 1 saturated heterocycles. The van der Waals surface area contributed by atoms with Crippen LogP contribution in [0.5, 0.6) is 0 Å². The maximum absolute atomic E-state index is 13.2. The first-order chi connectivity index (χ1) is 13.8. The third-order valence-electron chi connectivity index (χ3n) is 3.72. The highest BCUT2D eigenvalue weighted by Crippen LogP contribution is 2.60. The van der Waals surface area contributed by atoms with Gasteiger partial charge in [0.05, 0.1) is 9.27 Å². The molecule has 1 fully saturated rings. The molecule has 1 unspecified atom stereocenters. The first-order valence-electron chi connectivity index (χ1n) is 7.74. The van der Waals surface area contributed by atoms with E-state index in [0.717, 1.165) is 19.2 Å². The van der Waals surface area contributed by atoms with Crippen molar-refractivity contribution in [3.63, 3.8) is 0 Å². The standard InChI is InChI=1S/C16H9F12NS2/c1-29-10(7-5-3-2-4-6-7)30-12(9(15(23,24)25)16(26,27)28)31-11(29)8(13(17,18)19)14(20,21)22/h2-6,10H,1H3. The topological polar surface area (TPSA) is 3.24 Å². The molecule has 0 bridgehead atoms. The Balaban J connectivity index is 2.90. The van der Waals surface area contributed by atoms with Crippen LogP contribution >= 0.6 is 23.5 Å². The Morgan fingerprint density at radius 1 is 0.710 bits per heavy atom. The van der Waals surface area contributed by atoms with Crippen LogP contribution in [0.3, 0.4) is 0 Å². The summed E-state index contributed by atoms with van der Waals surface area (Å²) < 4.78 is 156. The fraction of sp³-hybridized carbons (Fsp3) is 0.375. The molecule has 1 aromatic rings. The van der Waals surface area contributed by atoms with Gasteiger partial charge in [0.1, 0.15) is 5.37 Å². The van der Waals surface area contributed by atoms with Crippen LogP contribution in [0.2, 0.25) is 0 Å². The maximum Gasteiger partial charge on any atom is 0.423 e. The van der Waals surface area contributed by atoms with Gasteiger partial charge >= 0.3 is 24.7 Å². The summed E-state index contributed by atoms with van der Waals surface area (Å²) in [6, 6.07) is 6.26. The van der Waals surface area contributed by atoms with Crippen LogP contribution in [0, 0.1) is 0 Å². The lowest BCUT2D eigenvalue weighted by Gasteiger charge is -2.39. The number of allylic oxidation sites excluding steroid dienone is 2. The summed E-state index contributed by atoms with van der Waals surface area (Å²) >= 11 is -1.01. The minimum Gasteiger partial charge on any atom is -0.352 e. The van der Waals surface area contributed by atoms with E-state index in [1.807, 2.05) is 0 Å². The highest BCUT2D eigenvalue weighted by atomic mass is 32.2. The van der Waals surface area contributed by atoms with Gasteiger partial charge in [-0.3, -0.25) is 0 Å². The van der Waals surface area contributed by atoms with Crippen molar-refractivity contribution in [1.82, 2.24) is 4.90 Å². The average Bonchev–Trinajstić information content (AvgIpc) is 2.53. The van der Waals surface area contributed by atoms with Gasteiger partial charge in [-0.1, -0.05) is 53.9 Å². The normalized spacial score (nSPS) is 19.0. The lowest BCUT2D eigenvalue weighted by Crippen LogP contribution is -2.35. The molecule has 31 heavy (non-hydrogen) atoms. The predicted molar refractivity (Wildman–Crippen MR) is 90.4 cm³/mol. The van der Waals surface area contributed by atoms with Gasteiger partial charge in [-0.25, -0.2) is 0 Å². The van der Waals surface area contributed by atoms with E-state index in [1.165, 1.54) is 18.2 Å². The monoisotopic (exact) mass is 507 g/mol. The number of hydrogen-bond donors (Lipinski definition) is 0. The molecule has 1 heterocycles. The van der Waals surface area contributed by atoms with Gasteiger partial charge < -0.3 is 4.90 Å². The van der Waals surface area contributed by atoms with Gasteiger partial charge in [-0.2, -0.15) is 52.7 Å². The molecule has 15 heteroatoms. The maximum atomic E-state index is 13.2. The van der Waals surface area contributed by atoms with Crippen molar-refractivity contribution in [3.05, 3.63) is 56.3 Å². The van der Waals surface area contributed by atoms with Crippen molar-refractivity contribution < 1.29 is 52.7 Å². The van der Waals surface area contributed by atoms with Crippen LogP contribution in [0.15, 0.2) is 50.7 Å². The molecular weight excluding hydrogens is 498 g/mol. The van der Waals surface area contributed by atoms with Crippen molar-refractivity contribution in [2.45, 2.75) is 30.1 Å². The molecule has 2 rings (SSSR count). The minimum atomic E-state index is -6.10. The summed E-state index contributed by atoms with van der Waals surface area (Å²) in [7, 11) is 0.724. The number of alkyl halides is 12. The highest BCUT2D eigenvalue weighted by molar-refractivity contribution is 8.24. The van der Waals surface area contributed by atoms with E-state index in [2.05, 4.69) is 0 Å². The van der Waals surface area contributed by atoms with Gasteiger partial charge in [-0.05, 0) is 5.56 Å². The molecule has 0 N–H and O–H groups in total. The Morgan fingerprint density at radius 3 is 1.52 bits per heavy atom. The number of hydrogen-bond acceptors (Lipinski definition) is 3. The van der Waals surface area contributed by atoms with Crippen LogP contribution in [0.1, 0.15) is 10.9 Å². The molecule has 0 aromatic heterocycles. The van der Waals surface area contributed by atoms with Gasteiger partial charge in [0.15, 0.2) is 11.1 Å². The van der Waals surface area contributed by atoms with Gasteiger partial charge in [-0.15, -0.1) is 0 Å². The van der Waals surface area contributed by atoms with Crippen LogP contribution in [-0.4, -0.2) is 36.7 Å². The van der Waals surface area contributed by atoms with Crippen LogP contribution < -0.4 is 0 Å². The van der Waals surface area contributed by atoms with E-state index >= 15 is 0 Å². The molecule has 0 amide bonds. The quantitative estimate of drug-likeness (QED) is 0.358. The molecule has 0 spiro atoms. The van der Waals surface area contributed by atoms with Crippen LogP contribution in [-0.2, 0) is 0 Å². The first kappa shape index (κ1) is 25.6. The summed E-state index contributed by atoms with van der Waals surface area (Å²) in [6.07, 6.45) is -24.3. The Kier molecular flexibility index (Phi) is 6.92. The summed E-state index contributed by atoms with van der Waals surface area (Å²) in [5.74, 6) is 0. The number of nitrogens with zero attached hydrogens (tertiary/aromatic N) is 1. The van der Waals surface area contributed by atoms with E-state index in [-0.39, 0.29) is 17.3 Å². The molecule has 1 aromatic carbocycles. The van der Waals surface area contributed by atoms with Gasteiger partial charge in [0.2, 0.25) is 0 Å². The first-order valence-corrected chi connectivity index (χ1v) is 9.44. The number of thioether (sulfide) groups is 2. The Bertz CT molecular complexity index is 830. The summed E-state index contributed by atoms with van der Waals surface area (Å²) in [4.78, 5) is 0.356. The average molecular weight is 507 g/mol. The van der Waals surface area contributed by atoms with Crippen LogP contribution in [0.25, 0.3) is 0 Å². The smallest absolute Gasteiger partial charge is 0.352 e. The van der Waals surface area contributed by atoms with E-state index in [9.17, 15) is 52.7 Å². The minimum absolute atomic E-state index is 0.0994. The van der Waals surface area contributed by atoms with Crippen molar-refractivity contribution in [2.24, 2.45) is 0 Å². The molecule has 1 aliphatic rings. The molecule has 0 aliphatic carbocycles. The molecule has 1 nitrogen and oxygen atoms in total. The summed E-state index contributed by atoms with van der Waals surface area (Å²) in [5, 5.41) is -3.56. The number of benzene rings is 1. The van der Waals surface area contributed by atoms with Crippen LogP contribution in [0.4, 0.5) is 52.7 Å². The molecule has 0 radical (unpaired) electrons. The van der Waals surface area contributed by atoms with Crippen molar-refractivity contribution in [3.8, 4) is 0 Å². The second-order valence-corrected chi connectivity index (χ2v) is 8.28. The summed E-state index contributed by atoms with van der Waals surface area (Å²) in [6.45, 7) is 0. The zero-order valence-corrected chi connectivity index (χ0v) is 16.4. The molecule has 1 aliphatic heterocycles. The van der Waals surface area contributed by atoms with E-state index in [1.54, 1.807) is 0 Å². The number of halogens is 12. The summed E-state index contributed by atoms with van der Waals surface area (Å²) in [5.41, 5.74) is -6.47. The SMILES string of the molecule is CN1C(=C(C(F)(F)F)C(F)(F)F)SC(=C(C(F)(F)F)C(F)(F)F)SC1c1ccccc1. The third kappa shape index (κ3) is 5.79. The molecular formula is C16H9F12NS2. The second kappa shape index (κ2) is 8.37. The lowest BCUT2D eigenvalue weighted by atomic mass is 10.2. The van der Waals surface area contributed by atoms with Crippen molar-refractivity contribution in [2.75, 3.05) is 7.05 Å². The molecule has 0 saturated carbocycles. The highest BCUT2D eigenvalue weighted by Gasteiger charge is 2.58. The molecule has 1 atom stereocenters. The van der Waals surface area contributed by atoms with Gasteiger partial charge in [0, 0.05) is 7.05 Å². The number of rotatable bonds is 1. The fourth-order valence-corrected chi connectivity index (χ4v) is 5.48. The van der Waals surface area contributed by atoms with E-state index in [0.29, 0.717) is 4.90 Å². The Hall–Kier alpha value is -1.64. The Labute approximate surface area is 175 Å². The molecule has 174 valence electrons. The predicted octanol–water partition coefficient (Wildman–Crippen LogP) is 7.77. The fourth-order valence-electron chi connectivity index (χ4n) is 2.51.